The molecule has 22 heavy (non-hydrogen) atoms. The number of fused-ring (bicyclic) bond motifs is 1. The predicted molar refractivity (Wildman–Crippen MR) is 93.4 cm³/mol. The van der Waals surface area contributed by atoms with Gasteiger partial charge in [-0.15, -0.1) is 0 Å². The number of halogens is 2. The van der Waals surface area contributed by atoms with Crippen LogP contribution in [0.2, 0.25) is 10.0 Å². The minimum atomic E-state index is -0.200. The average molecular weight is 351 g/mol. The number of carbonyl (C=O) groups is 1. The maximum atomic E-state index is 12.8. The zero-order chi connectivity index (χ0) is 15.7. The van der Waals surface area contributed by atoms with Crippen molar-refractivity contribution < 1.29 is 4.79 Å². The van der Waals surface area contributed by atoms with E-state index in [2.05, 4.69) is 4.98 Å². The number of aromatic nitrogens is 1. The highest BCUT2D eigenvalue weighted by molar-refractivity contribution is 7.22. The molecule has 0 aliphatic heterocycles. The Kier molecular flexibility index (Phi) is 4.34. The van der Waals surface area contributed by atoms with Crippen LogP contribution in [0.4, 0.5) is 5.13 Å². The molecule has 0 radical (unpaired) electrons. The molecule has 3 aromatic rings. The molecule has 0 fully saturated rings. The molecule has 0 N–H and O–H groups in total. The largest absolute Gasteiger partial charge is 0.284 e. The lowest BCUT2D eigenvalue weighted by molar-refractivity contribution is 0.0988. The van der Waals surface area contributed by atoms with Gasteiger partial charge in [-0.05, 0) is 31.2 Å². The summed E-state index contributed by atoms with van der Waals surface area (Å²) >= 11 is 13.6. The maximum Gasteiger partial charge on any atom is 0.261 e. The number of carbonyl (C=O) groups excluding carboxylic acids is 1. The molecule has 2 aromatic carbocycles. The molecule has 1 aromatic heterocycles. The van der Waals surface area contributed by atoms with Crippen LogP contribution in [-0.4, -0.2) is 17.4 Å². The third kappa shape index (κ3) is 2.70. The lowest BCUT2D eigenvalue weighted by Gasteiger charge is -2.18. The molecule has 0 saturated carbocycles. The molecule has 0 unspecified atom stereocenters. The number of hydrogen-bond acceptors (Lipinski definition) is 3. The predicted octanol–water partition coefficient (Wildman–Crippen LogP) is 5.27. The summed E-state index contributed by atoms with van der Waals surface area (Å²) in [6.45, 7) is 2.41. The number of thiazole rings is 1. The van der Waals surface area contributed by atoms with Gasteiger partial charge in [-0.1, -0.05) is 52.7 Å². The molecule has 0 saturated heterocycles. The van der Waals surface area contributed by atoms with Gasteiger partial charge in [-0.3, -0.25) is 9.69 Å². The summed E-state index contributed by atoms with van der Waals surface area (Å²) in [7, 11) is 0. The van der Waals surface area contributed by atoms with Gasteiger partial charge in [-0.25, -0.2) is 4.98 Å². The van der Waals surface area contributed by atoms with Crippen molar-refractivity contribution in [2.45, 2.75) is 6.92 Å². The number of rotatable bonds is 3. The van der Waals surface area contributed by atoms with E-state index in [0.29, 0.717) is 22.3 Å². The Balaban J connectivity index is 2.03. The molecule has 0 atom stereocenters. The van der Waals surface area contributed by atoms with Crippen molar-refractivity contribution in [3.8, 4) is 0 Å². The topological polar surface area (TPSA) is 33.2 Å². The second-order valence-electron chi connectivity index (χ2n) is 4.61. The quantitative estimate of drug-likeness (QED) is 0.644. The summed E-state index contributed by atoms with van der Waals surface area (Å²) in [5.74, 6) is -0.200. The smallest absolute Gasteiger partial charge is 0.261 e. The van der Waals surface area contributed by atoms with E-state index in [1.807, 2.05) is 31.2 Å². The Hall–Kier alpha value is -1.62. The summed E-state index contributed by atoms with van der Waals surface area (Å²) in [6, 6.07) is 12.9. The maximum absolute atomic E-state index is 12.8. The molecular weight excluding hydrogens is 339 g/mol. The third-order valence-electron chi connectivity index (χ3n) is 3.26. The fourth-order valence-electron chi connectivity index (χ4n) is 2.16. The van der Waals surface area contributed by atoms with Gasteiger partial charge in [0.1, 0.15) is 0 Å². The van der Waals surface area contributed by atoms with E-state index in [1.165, 1.54) is 11.3 Å². The zero-order valence-corrected chi connectivity index (χ0v) is 14.0. The zero-order valence-electron chi connectivity index (χ0n) is 11.7. The van der Waals surface area contributed by atoms with Crippen LogP contribution in [-0.2, 0) is 0 Å². The second-order valence-corrected chi connectivity index (χ2v) is 6.41. The first-order chi connectivity index (χ1) is 10.6. The van der Waals surface area contributed by atoms with Crippen molar-refractivity contribution in [3.63, 3.8) is 0 Å². The normalized spacial score (nSPS) is 10.9. The van der Waals surface area contributed by atoms with Crippen molar-refractivity contribution in [1.82, 2.24) is 4.98 Å². The van der Waals surface area contributed by atoms with E-state index in [9.17, 15) is 4.79 Å². The summed E-state index contributed by atoms with van der Waals surface area (Å²) in [5, 5.41) is 1.30. The van der Waals surface area contributed by atoms with E-state index in [-0.39, 0.29) is 10.9 Å². The van der Waals surface area contributed by atoms with Crippen LogP contribution in [0, 0.1) is 0 Å². The van der Waals surface area contributed by atoms with E-state index in [0.717, 1.165) is 10.2 Å². The highest BCUT2D eigenvalue weighted by atomic mass is 35.5. The highest BCUT2D eigenvalue weighted by Gasteiger charge is 2.22. The number of nitrogens with zero attached hydrogens (tertiary/aromatic N) is 2. The van der Waals surface area contributed by atoms with Crippen LogP contribution in [0.3, 0.4) is 0 Å². The van der Waals surface area contributed by atoms with Gasteiger partial charge in [0.05, 0.1) is 25.8 Å². The first-order valence-electron chi connectivity index (χ1n) is 6.73. The van der Waals surface area contributed by atoms with Gasteiger partial charge in [0.2, 0.25) is 0 Å². The molecule has 0 spiro atoms. The van der Waals surface area contributed by atoms with Crippen LogP contribution < -0.4 is 4.90 Å². The van der Waals surface area contributed by atoms with Crippen LogP contribution in [0.15, 0.2) is 42.5 Å². The number of hydrogen-bond donors (Lipinski definition) is 0. The van der Waals surface area contributed by atoms with Crippen LogP contribution >= 0.6 is 34.5 Å². The number of para-hydroxylation sites is 1. The van der Waals surface area contributed by atoms with E-state index in [1.54, 1.807) is 23.1 Å². The van der Waals surface area contributed by atoms with Crippen molar-refractivity contribution in [1.29, 1.82) is 0 Å². The number of anilines is 1. The first kappa shape index (κ1) is 15.3. The number of amides is 1. The summed E-state index contributed by atoms with van der Waals surface area (Å²) in [6.07, 6.45) is 0. The molecule has 6 heteroatoms. The van der Waals surface area contributed by atoms with Crippen LogP contribution in [0.25, 0.3) is 10.2 Å². The Morgan fingerprint density at radius 2 is 1.95 bits per heavy atom. The average Bonchev–Trinajstić information content (AvgIpc) is 2.94. The van der Waals surface area contributed by atoms with Gasteiger partial charge in [-0.2, -0.15) is 0 Å². The minimum Gasteiger partial charge on any atom is -0.284 e. The fraction of sp³-hybridized carbons (Fsp3) is 0.125. The summed E-state index contributed by atoms with van der Waals surface area (Å²) in [5.41, 5.74) is 1.27. The Bertz CT molecular complexity index is 814. The van der Waals surface area contributed by atoms with Crippen molar-refractivity contribution in [2.75, 3.05) is 11.4 Å². The molecule has 1 heterocycles. The monoisotopic (exact) mass is 350 g/mol. The fourth-order valence-corrected chi connectivity index (χ4v) is 3.56. The second kappa shape index (κ2) is 6.24. The molecule has 112 valence electrons. The Labute approximate surface area is 142 Å². The lowest BCUT2D eigenvalue weighted by atomic mass is 10.2. The standard InChI is InChI=1S/C16H12Cl2N2OS/c1-2-20(15(21)10-6-5-7-11(17)14(10)18)16-19-12-8-3-4-9-13(12)22-16/h3-9H,2H2,1H3. The Morgan fingerprint density at radius 3 is 2.68 bits per heavy atom. The van der Waals surface area contributed by atoms with E-state index < -0.39 is 0 Å². The van der Waals surface area contributed by atoms with Gasteiger partial charge < -0.3 is 0 Å². The molecular formula is C16H12Cl2N2OS. The van der Waals surface area contributed by atoms with Gasteiger partial charge >= 0.3 is 0 Å². The SMILES string of the molecule is CCN(C(=O)c1cccc(Cl)c1Cl)c1nc2ccccc2s1. The first-order valence-corrected chi connectivity index (χ1v) is 8.30. The Morgan fingerprint density at radius 1 is 1.18 bits per heavy atom. The van der Waals surface area contributed by atoms with Gasteiger partial charge in [0.15, 0.2) is 5.13 Å². The van der Waals surface area contributed by atoms with E-state index >= 15 is 0 Å². The molecule has 0 bridgehead atoms. The van der Waals surface area contributed by atoms with Crippen molar-refractivity contribution in [2.24, 2.45) is 0 Å². The molecule has 0 aliphatic rings. The molecule has 0 aliphatic carbocycles. The third-order valence-corrected chi connectivity index (χ3v) is 5.14. The summed E-state index contributed by atoms with van der Waals surface area (Å²) in [4.78, 5) is 18.9. The highest BCUT2D eigenvalue weighted by Crippen LogP contribution is 2.32. The van der Waals surface area contributed by atoms with Crippen molar-refractivity contribution >= 4 is 55.8 Å². The van der Waals surface area contributed by atoms with Crippen LogP contribution in [0.5, 0.6) is 0 Å². The van der Waals surface area contributed by atoms with Crippen molar-refractivity contribution in [3.05, 3.63) is 58.1 Å². The minimum absolute atomic E-state index is 0.200. The molecule has 3 rings (SSSR count). The summed E-state index contributed by atoms with van der Waals surface area (Å²) < 4.78 is 1.04. The lowest BCUT2D eigenvalue weighted by Crippen LogP contribution is -2.30. The molecule has 1 amide bonds. The number of benzene rings is 2. The van der Waals surface area contributed by atoms with E-state index in [4.69, 9.17) is 23.2 Å². The van der Waals surface area contributed by atoms with Crippen LogP contribution in [0.1, 0.15) is 17.3 Å². The molecule has 3 nitrogen and oxygen atoms in total. The van der Waals surface area contributed by atoms with Gasteiger partial charge in [0.25, 0.3) is 5.91 Å². The van der Waals surface area contributed by atoms with Gasteiger partial charge in [0, 0.05) is 6.54 Å².